The summed E-state index contributed by atoms with van der Waals surface area (Å²) in [7, 11) is 0. The number of halogens is 2. The highest BCUT2D eigenvalue weighted by atomic mass is 19.3. The van der Waals surface area contributed by atoms with Crippen LogP contribution in [0.1, 0.15) is 18.4 Å². The minimum atomic E-state index is -2.87. The third-order valence-corrected chi connectivity index (χ3v) is 4.14. The van der Waals surface area contributed by atoms with E-state index in [2.05, 4.69) is 15.4 Å². The summed E-state index contributed by atoms with van der Waals surface area (Å²) in [6.45, 7) is -2.65. The number of hydrogen-bond acceptors (Lipinski definition) is 4. The van der Waals surface area contributed by atoms with Crippen molar-refractivity contribution >= 4 is 11.8 Å². The first-order valence-electron chi connectivity index (χ1n) is 8.38. The lowest BCUT2D eigenvalue weighted by atomic mass is 9.86. The summed E-state index contributed by atoms with van der Waals surface area (Å²) in [5.41, 5.74) is 1.44. The number of alkyl carbamates (subject to hydrolysis) is 1. The fourth-order valence-corrected chi connectivity index (χ4v) is 2.79. The zero-order valence-corrected chi connectivity index (χ0v) is 14.0. The van der Waals surface area contributed by atoms with E-state index in [-0.39, 0.29) is 24.4 Å². The monoisotopic (exact) mass is 362 g/mol. The lowest BCUT2D eigenvalue weighted by molar-refractivity contribution is -0.0494. The first-order chi connectivity index (χ1) is 12.6. The minimum absolute atomic E-state index is 0.000970. The highest BCUT2D eigenvalue weighted by Crippen LogP contribution is 2.30. The van der Waals surface area contributed by atoms with Crippen LogP contribution < -0.4 is 15.4 Å². The second-order valence-electron chi connectivity index (χ2n) is 6.09. The smallest absolute Gasteiger partial charge is 0.407 e. The molecule has 0 saturated heterocycles. The van der Waals surface area contributed by atoms with Crippen LogP contribution in [0.5, 0.6) is 5.75 Å². The van der Waals surface area contributed by atoms with Crippen molar-refractivity contribution in [2.24, 2.45) is 0 Å². The van der Waals surface area contributed by atoms with E-state index in [1.54, 1.807) is 18.2 Å². The molecule has 0 unspecified atom stereocenters. The number of hydrogen-bond donors (Lipinski definition) is 2. The standard InChI is InChI=1S/C19H20F2N2O3/c20-18(21)26-17-9-5-4-8-16(17)22-14-10-15(11-14)23-19(24)25-12-13-6-2-1-3-7-13/h1-9,14-15,18,22H,10-12H2,(H,23,24). The van der Waals surface area contributed by atoms with Gasteiger partial charge in [-0.15, -0.1) is 0 Å². The summed E-state index contributed by atoms with van der Waals surface area (Å²) in [6, 6.07) is 16.1. The van der Waals surface area contributed by atoms with Crippen molar-refractivity contribution in [2.45, 2.75) is 38.1 Å². The van der Waals surface area contributed by atoms with Gasteiger partial charge in [0.2, 0.25) is 0 Å². The highest BCUT2D eigenvalue weighted by molar-refractivity contribution is 5.68. The van der Waals surface area contributed by atoms with E-state index in [9.17, 15) is 13.6 Å². The third kappa shape index (κ3) is 5.08. The predicted molar refractivity (Wildman–Crippen MR) is 93.3 cm³/mol. The maximum Gasteiger partial charge on any atom is 0.407 e. The maximum absolute atomic E-state index is 12.4. The Kier molecular flexibility index (Phi) is 5.88. The number of para-hydroxylation sites is 2. The highest BCUT2D eigenvalue weighted by Gasteiger charge is 2.31. The van der Waals surface area contributed by atoms with E-state index in [1.807, 2.05) is 30.3 Å². The molecule has 3 rings (SSSR count). The zero-order chi connectivity index (χ0) is 18.4. The molecule has 0 spiro atoms. The van der Waals surface area contributed by atoms with E-state index >= 15 is 0 Å². The Morgan fingerprint density at radius 2 is 1.73 bits per heavy atom. The molecule has 138 valence electrons. The number of amides is 1. The molecule has 0 bridgehead atoms. The molecule has 0 aliphatic heterocycles. The van der Waals surface area contributed by atoms with Gasteiger partial charge in [-0.3, -0.25) is 0 Å². The second kappa shape index (κ2) is 8.51. The molecule has 2 aromatic rings. The third-order valence-electron chi connectivity index (χ3n) is 4.14. The van der Waals surface area contributed by atoms with E-state index in [4.69, 9.17) is 4.74 Å². The summed E-state index contributed by atoms with van der Waals surface area (Å²) in [4.78, 5) is 11.8. The summed E-state index contributed by atoms with van der Waals surface area (Å²) in [5, 5.41) is 5.96. The number of nitrogens with one attached hydrogen (secondary N) is 2. The van der Waals surface area contributed by atoms with E-state index in [0.29, 0.717) is 18.5 Å². The van der Waals surface area contributed by atoms with Gasteiger partial charge in [0.25, 0.3) is 0 Å². The number of benzene rings is 2. The molecule has 0 atom stereocenters. The summed E-state index contributed by atoms with van der Waals surface area (Å²) >= 11 is 0. The molecule has 1 fully saturated rings. The Bertz CT molecular complexity index is 722. The Labute approximate surface area is 150 Å². The van der Waals surface area contributed by atoms with E-state index < -0.39 is 12.7 Å². The molecule has 7 heteroatoms. The minimum Gasteiger partial charge on any atom is -0.445 e. The molecule has 1 aliphatic carbocycles. The molecule has 1 saturated carbocycles. The maximum atomic E-state index is 12.4. The SMILES string of the molecule is O=C(NC1CC(Nc2ccccc2OC(F)F)C1)OCc1ccccc1. The number of alkyl halides is 2. The molecule has 0 heterocycles. The largest absolute Gasteiger partial charge is 0.445 e. The summed E-state index contributed by atoms with van der Waals surface area (Å²) in [6.07, 6.45) is 0.908. The number of anilines is 1. The average Bonchev–Trinajstić information content (AvgIpc) is 2.60. The molecule has 2 aromatic carbocycles. The molecule has 5 nitrogen and oxygen atoms in total. The number of ether oxygens (including phenoxy) is 2. The van der Waals surface area contributed by atoms with Gasteiger partial charge >= 0.3 is 12.7 Å². The van der Waals surface area contributed by atoms with Crippen LogP contribution in [0.15, 0.2) is 54.6 Å². The predicted octanol–water partition coefficient (Wildman–Crippen LogP) is 4.16. The number of carbonyl (C=O) groups excluding carboxylic acids is 1. The van der Waals surface area contributed by atoms with Crippen molar-refractivity contribution in [2.75, 3.05) is 5.32 Å². The van der Waals surface area contributed by atoms with Crippen LogP contribution in [0.3, 0.4) is 0 Å². The molecule has 1 aliphatic rings. The normalized spacial score (nSPS) is 18.7. The number of rotatable bonds is 7. The van der Waals surface area contributed by atoms with Crippen LogP contribution in [0.2, 0.25) is 0 Å². The number of carbonyl (C=O) groups is 1. The van der Waals surface area contributed by atoms with Gasteiger partial charge in [-0.1, -0.05) is 42.5 Å². The van der Waals surface area contributed by atoms with E-state index in [1.165, 1.54) is 6.07 Å². The van der Waals surface area contributed by atoms with Crippen LogP contribution in [-0.4, -0.2) is 24.8 Å². The topological polar surface area (TPSA) is 59.6 Å². The Morgan fingerprint density at radius 1 is 1.04 bits per heavy atom. The van der Waals surface area contributed by atoms with Crippen molar-refractivity contribution in [3.8, 4) is 5.75 Å². The fraction of sp³-hybridized carbons (Fsp3) is 0.316. The van der Waals surface area contributed by atoms with Gasteiger partial charge in [-0.05, 0) is 30.5 Å². The molecular weight excluding hydrogens is 342 g/mol. The van der Waals surface area contributed by atoms with Crippen molar-refractivity contribution in [3.63, 3.8) is 0 Å². The first-order valence-corrected chi connectivity index (χ1v) is 8.38. The lowest BCUT2D eigenvalue weighted by Gasteiger charge is -2.36. The molecule has 1 amide bonds. The van der Waals surface area contributed by atoms with Gasteiger partial charge in [0.15, 0.2) is 0 Å². The quantitative estimate of drug-likeness (QED) is 0.777. The molecule has 0 radical (unpaired) electrons. The van der Waals surface area contributed by atoms with Crippen molar-refractivity contribution < 1.29 is 23.0 Å². The van der Waals surface area contributed by atoms with Crippen molar-refractivity contribution in [1.29, 1.82) is 0 Å². The van der Waals surface area contributed by atoms with Crippen LogP contribution in [0.4, 0.5) is 19.3 Å². The fourth-order valence-electron chi connectivity index (χ4n) is 2.79. The Hall–Kier alpha value is -2.83. The van der Waals surface area contributed by atoms with Crippen LogP contribution in [-0.2, 0) is 11.3 Å². The zero-order valence-electron chi connectivity index (χ0n) is 14.0. The van der Waals surface area contributed by atoms with Crippen molar-refractivity contribution in [1.82, 2.24) is 5.32 Å². The molecular formula is C19H20F2N2O3. The first kappa shape index (κ1) is 18.0. The molecule has 26 heavy (non-hydrogen) atoms. The van der Waals surface area contributed by atoms with Gasteiger partial charge in [-0.25, -0.2) is 4.79 Å². The van der Waals surface area contributed by atoms with Crippen molar-refractivity contribution in [3.05, 3.63) is 60.2 Å². The van der Waals surface area contributed by atoms with Crippen LogP contribution in [0, 0.1) is 0 Å². The summed E-state index contributed by atoms with van der Waals surface area (Å²) < 4.78 is 34.5. The van der Waals surface area contributed by atoms with Gasteiger partial charge < -0.3 is 20.1 Å². The van der Waals surface area contributed by atoms with Gasteiger partial charge in [0.05, 0.1) is 5.69 Å². The van der Waals surface area contributed by atoms with Gasteiger partial charge in [0, 0.05) is 12.1 Å². The van der Waals surface area contributed by atoms with Crippen LogP contribution in [0.25, 0.3) is 0 Å². The Balaban J connectivity index is 1.40. The average molecular weight is 362 g/mol. The van der Waals surface area contributed by atoms with E-state index in [0.717, 1.165) is 5.56 Å². The van der Waals surface area contributed by atoms with Gasteiger partial charge in [0.1, 0.15) is 12.4 Å². The van der Waals surface area contributed by atoms with Gasteiger partial charge in [-0.2, -0.15) is 8.78 Å². The summed E-state index contributed by atoms with van der Waals surface area (Å²) in [5.74, 6) is 0.112. The molecule has 2 N–H and O–H groups in total. The Morgan fingerprint density at radius 3 is 2.46 bits per heavy atom. The molecule has 0 aromatic heterocycles. The van der Waals surface area contributed by atoms with Crippen LogP contribution >= 0.6 is 0 Å². The lowest BCUT2D eigenvalue weighted by Crippen LogP contribution is -2.49. The second-order valence-corrected chi connectivity index (χ2v) is 6.09.